The van der Waals surface area contributed by atoms with E-state index in [1.54, 1.807) is 38.4 Å². The number of ether oxygens (including phenoxy) is 1. The lowest BCUT2D eigenvalue weighted by molar-refractivity contribution is 0.189. The van der Waals surface area contributed by atoms with Gasteiger partial charge in [-0.2, -0.15) is 0 Å². The summed E-state index contributed by atoms with van der Waals surface area (Å²) >= 11 is 0. The Morgan fingerprint density at radius 1 is 1.32 bits per heavy atom. The van der Waals surface area contributed by atoms with Crippen LogP contribution < -0.4 is 5.73 Å². The summed E-state index contributed by atoms with van der Waals surface area (Å²) in [6, 6.07) is 6.60. The highest BCUT2D eigenvalue weighted by Crippen LogP contribution is 2.17. The van der Waals surface area contributed by atoms with Crippen molar-refractivity contribution < 1.29 is 13.2 Å². The molecule has 108 valence electrons. The van der Waals surface area contributed by atoms with E-state index in [0.29, 0.717) is 19.6 Å². The average molecular weight is 286 g/mol. The maximum Gasteiger partial charge on any atom is 0.242 e. The molecule has 0 heterocycles. The van der Waals surface area contributed by atoms with Crippen LogP contribution in [0.2, 0.25) is 0 Å². The van der Waals surface area contributed by atoms with Gasteiger partial charge in [0.25, 0.3) is 0 Å². The summed E-state index contributed by atoms with van der Waals surface area (Å²) in [5.41, 5.74) is 6.66. The summed E-state index contributed by atoms with van der Waals surface area (Å²) in [7, 11) is -0.253. The highest BCUT2D eigenvalue weighted by Gasteiger charge is 2.20. The third-order valence-electron chi connectivity index (χ3n) is 2.94. The van der Waals surface area contributed by atoms with Crippen LogP contribution in [0.15, 0.2) is 29.2 Å². The molecule has 5 nitrogen and oxygen atoms in total. The van der Waals surface area contributed by atoms with E-state index in [1.165, 1.54) is 4.31 Å². The van der Waals surface area contributed by atoms with Gasteiger partial charge in [-0.15, -0.1) is 0 Å². The summed E-state index contributed by atoms with van der Waals surface area (Å²) in [6.07, 6.45) is 0.671. The van der Waals surface area contributed by atoms with Crippen LogP contribution in [0.5, 0.6) is 0 Å². The van der Waals surface area contributed by atoms with Crippen LogP contribution in [0.3, 0.4) is 0 Å². The van der Waals surface area contributed by atoms with Crippen molar-refractivity contribution >= 4 is 10.0 Å². The lowest BCUT2D eigenvalue weighted by Crippen LogP contribution is -2.28. The summed E-state index contributed by atoms with van der Waals surface area (Å²) in [5, 5.41) is 0. The molecule has 0 radical (unpaired) electrons. The molecule has 0 bridgehead atoms. The molecule has 6 heteroatoms. The third kappa shape index (κ3) is 4.28. The molecule has 1 aromatic carbocycles. The Balaban J connectivity index is 2.81. The highest BCUT2D eigenvalue weighted by molar-refractivity contribution is 7.89. The van der Waals surface area contributed by atoms with Crippen molar-refractivity contribution in [3.63, 3.8) is 0 Å². The zero-order valence-electron chi connectivity index (χ0n) is 11.7. The van der Waals surface area contributed by atoms with E-state index in [4.69, 9.17) is 10.5 Å². The lowest BCUT2D eigenvalue weighted by atomic mass is 10.1. The summed E-state index contributed by atoms with van der Waals surface area (Å²) in [5.74, 6) is 0. The van der Waals surface area contributed by atoms with Crippen molar-refractivity contribution in [2.45, 2.75) is 24.3 Å². The lowest BCUT2D eigenvalue weighted by Gasteiger charge is -2.17. The Morgan fingerprint density at radius 3 is 2.37 bits per heavy atom. The molecular formula is C13H22N2O3S. The topological polar surface area (TPSA) is 72.6 Å². The summed E-state index contributed by atoms with van der Waals surface area (Å²) in [6.45, 7) is 2.84. The molecule has 0 amide bonds. The van der Waals surface area contributed by atoms with Gasteiger partial charge in [0.1, 0.15) is 0 Å². The van der Waals surface area contributed by atoms with E-state index in [2.05, 4.69) is 0 Å². The molecule has 2 N–H and O–H groups in total. The van der Waals surface area contributed by atoms with Crippen LogP contribution in [0.25, 0.3) is 0 Å². The van der Waals surface area contributed by atoms with Crippen LogP contribution in [-0.4, -0.2) is 40.0 Å². The molecule has 19 heavy (non-hydrogen) atoms. The molecule has 1 unspecified atom stereocenters. The fourth-order valence-electron chi connectivity index (χ4n) is 1.68. The molecule has 1 atom stereocenters. The van der Waals surface area contributed by atoms with Crippen LogP contribution in [0.1, 0.15) is 24.9 Å². The normalized spacial score (nSPS) is 13.7. The van der Waals surface area contributed by atoms with E-state index in [0.717, 1.165) is 5.56 Å². The molecular weight excluding hydrogens is 264 g/mol. The second kappa shape index (κ2) is 7.00. The van der Waals surface area contributed by atoms with Gasteiger partial charge in [0.15, 0.2) is 0 Å². The second-order valence-corrected chi connectivity index (χ2v) is 6.58. The van der Waals surface area contributed by atoms with Gasteiger partial charge in [0.05, 0.1) is 4.90 Å². The van der Waals surface area contributed by atoms with Gasteiger partial charge in [0.2, 0.25) is 10.0 Å². The Morgan fingerprint density at radius 2 is 1.89 bits per heavy atom. The Kier molecular flexibility index (Phi) is 5.93. The minimum absolute atomic E-state index is 0.101. The van der Waals surface area contributed by atoms with E-state index in [1.807, 2.05) is 6.92 Å². The molecule has 0 saturated heterocycles. The molecule has 0 aromatic heterocycles. The van der Waals surface area contributed by atoms with Crippen molar-refractivity contribution in [1.82, 2.24) is 4.31 Å². The number of hydrogen-bond donors (Lipinski definition) is 1. The monoisotopic (exact) mass is 286 g/mol. The number of nitrogens with zero attached hydrogens (tertiary/aromatic N) is 1. The Bertz CT molecular complexity index is 483. The molecule has 0 fully saturated rings. The van der Waals surface area contributed by atoms with Crippen molar-refractivity contribution in [2.75, 3.05) is 27.3 Å². The highest BCUT2D eigenvalue weighted by atomic mass is 32.2. The summed E-state index contributed by atoms with van der Waals surface area (Å²) < 4.78 is 30.8. The molecule has 1 aromatic rings. The largest absolute Gasteiger partial charge is 0.385 e. The maximum absolute atomic E-state index is 12.3. The van der Waals surface area contributed by atoms with Crippen molar-refractivity contribution in [1.29, 1.82) is 0 Å². The van der Waals surface area contributed by atoms with E-state index in [9.17, 15) is 8.42 Å². The van der Waals surface area contributed by atoms with E-state index in [-0.39, 0.29) is 10.9 Å². The molecule has 0 saturated carbocycles. The first kappa shape index (κ1) is 16.1. The molecule has 0 spiro atoms. The van der Waals surface area contributed by atoms with E-state index < -0.39 is 10.0 Å². The SMILES string of the molecule is COCCCN(C)S(=O)(=O)c1ccc(C(C)N)cc1. The first-order valence-corrected chi connectivity index (χ1v) is 7.64. The molecule has 0 aliphatic rings. The fourth-order valence-corrected chi connectivity index (χ4v) is 2.88. The smallest absolute Gasteiger partial charge is 0.242 e. The predicted octanol–water partition coefficient (Wildman–Crippen LogP) is 1.36. The molecule has 0 aliphatic heterocycles. The Labute approximate surface area is 115 Å². The van der Waals surface area contributed by atoms with Gasteiger partial charge in [-0.3, -0.25) is 0 Å². The zero-order valence-corrected chi connectivity index (χ0v) is 12.5. The first-order chi connectivity index (χ1) is 8.89. The van der Waals surface area contributed by atoms with Crippen molar-refractivity contribution in [3.05, 3.63) is 29.8 Å². The second-order valence-electron chi connectivity index (χ2n) is 4.53. The van der Waals surface area contributed by atoms with Crippen LogP contribution in [0.4, 0.5) is 0 Å². The molecule has 1 rings (SSSR count). The van der Waals surface area contributed by atoms with Gasteiger partial charge in [-0.25, -0.2) is 12.7 Å². The first-order valence-electron chi connectivity index (χ1n) is 6.20. The van der Waals surface area contributed by atoms with E-state index >= 15 is 0 Å². The maximum atomic E-state index is 12.3. The number of benzene rings is 1. The third-order valence-corrected chi connectivity index (χ3v) is 4.81. The zero-order chi connectivity index (χ0) is 14.5. The summed E-state index contributed by atoms with van der Waals surface area (Å²) in [4.78, 5) is 0.289. The minimum Gasteiger partial charge on any atom is -0.385 e. The number of hydrogen-bond acceptors (Lipinski definition) is 4. The van der Waals surface area contributed by atoms with Gasteiger partial charge < -0.3 is 10.5 Å². The standard InChI is InChI=1S/C13H22N2O3S/c1-11(14)12-5-7-13(8-6-12)19(16,17)15(2)9-4-10-18-3/h5-8,11H,4,9-10,14H2,1-3H3. The van der Waals surface area contributed by atoms with Crippen LogP contribution in [-0.2, 0) is 14.8 Å². The van der Waals surface area contributed by atoms with Gasteiger partial charge in [-0.1, -0.05) is 12.1 Å². The van der Waals surface area contributed by atoms with Crippen LogP contribution >= 0.6 is 0 Å². The number of nitrogens with two attached hydrogens (primary N) is 1. The average Bonchev–Trinajstić information content (AvgIpc) is 2.39. The number of rotatable bonds is 7. The molecule has 0 aliphatic carbocycles. The van der Waals surface area contributed by atoms with Gasteiger partial charge >= 0.3 is 0 Å². The minimum atomic E-state index is -3.42. The quantitative estimate of drug-likeness (QED) is 0.768. The van der Waals surface area contributed by atoms with Crippen molar-refractivity contribution in [2.24, 2.45) is 5.73 Å². The van der Waals surface area contributed by atoms with Crippen molar-refractivity contribution in [3.8, 4) is 0 Å². The van der Waals surface area contributed by atoms with Crippen LogP contribution in [0, 0.1) is 0 Å². The number of methoxy groups -OCH3 is 1. The predicted molar refractivity (Wildman–Crippen MR) is 75.4 cm³/mol. The van der Waals surface area contributed by atoms with Gasteiger partial charge in [-0.05, 0) is 31.0 Å². The fraction of sp³-hybridized carbons (Fsp3) is 0.538. The van der Waals surface area contributed by atoms with Gasteiger partial charge in [0, 0.05) is 33.4 Å². The number of sulfonamides is 1. The Hall–Kier alpha value is -0.950.